The van der Waals surface area contributed by atoms with Crippen LogP contribution in [-0.2, 0) is 4.79 Å². The third-order valence-electron chi connectivity index (χ3n) is 4.12. The van der Waals surface area contributed by atoms with Gasteiger partial charge in [0.2, 0.25) is 5.91 Å². The Morgan fingerprint density at radius 1 is 1.08 bits per heavy atom. The largest absolute Gasteiger partial charge is 0.358 e. The van der Waals surface area contributed by atoms with E-state index in [9.17, 15) is 14.0 Å². The molecule has 25 heavy (non-hydrogen) atoms. The summed E-state index contributed by atoms with van der Waals surface area (Å²) in [5, 5.41) is 6.13. The zero-order valence-corrected chi connectivity index (χ0v) is 14.2. The zero-order chi connectivity index (χ0) is 18.1. The van der Waals surface area contributed by atoms with E-state index >= 15 is 0 Å². The monoisotopic (exact) mass is 339 g/mol. The van der Waals surface area contributed by atoms with E-state index in [2.05, 4.69) is 15.6 Å². The lowest BCUT2D eigenvalue weighted by molar-refractivity contribution is -0.114. The lowest BCUT2D eigenvalue weighted by atomic mass is 10.1. The van der Waals surface area contributed by atoms with Crippen LogP contribution >= 0.6 is 0 Å². The first kappa shape index (κ1) is 16.7. The van der Waals surface area contributed by atoms with Gasteiger partial charge < -0.3 is 15.6 Å². The normalized spacial score (nSPS) is 10.7. The lowest BCUT2D eigenvalue weighted by Gasteiger charge is -2.09. The van der Waals surface area contributed by atoms with E-state index < -0.39 is 5.82 Å². The predicted octanol–water partition coefficient (Wildman–Crippen LogP) is 4.13. The van der Waals surface area contributed by atoms with Gasteiger partial charge in [-0.25, -0.2) is 4.39 Å². The molecule has 0 fully saturated rings. The van der Waals surface area contributed by atoms with E-state index in [4.69, 9.17) is 0 Å². The highest BCUT2D eigenvalue weighted by molar-refractivity contribution is 6.12. The van der Waals surface area contributed by atoms with Crippen molar-refractivity contribution in [2.45, 2.75) is 20.8 Å². The lowest BCUT2D eigenvalue weighted by Crippen LogP contribution is -2.13. The van der Waals surface area contributed by atoms with E-state index in [-0.39, 0.29) is 17.5 Å². The number of nitrogens with one attached hydrogen (secondary N) is 3. The van der Waals surface area contributed by atoms with Crippen LogP contribution in [0.5, 0.6) is 0 Å². The Balaban J connectivity index is 1.93. The summed E-state index contributed by atoms with van der Waals surface area (Å²) in [4.78, 5) is 27.0. The van der Waals surface area contributed by atoms with Crippen LogP contribution in [0.25, 0.3) is 10.9 Å². The molecular formula is C19H18FN3O2. The molecule has 128 valence electrons. The zero-order valence-electron chi connectivity index (χ0n) is 14.2. The number of amides is 2. The fourth-order valence-electron chi connectivity index (χ4n) is 2.76. The van der Waals surface area contributed by atoms with Crippen molar-refractivity contribution < 1.29 is 14.0 Å². The Morgan fingerprint density at radius 2 is 1.84 bits per heavy atom. The topological polar surface area (TPSA) is 74.0 Å². The molecule has 0 atom stereocenters. The minimum absolute atomic E-state index is 0.0232. The molecule has 5 nitrogen and oxygen atoms in total. The SMILES string of the molecule is CC(=O)Nc1cc(NC(=O)c2cccc3c(C)c(C)[nH]c23)ccc1F. The average Bonchev–Trinajstić information content (AvgIpc) is 2.85. The maximum Gasteiger partial charge on any atom is 0.257 e. The van der Waals surface area contributed by atoms with E-state index in [1.165, 1.54) is 25.1 Å². The Bertz CT molecular complexity index is 992. The van der Waals surface area contributed by atoms with Gasteiger partial charge in [-0.1, -0.05) is 12.1 Å². The molecule has 0 spiro atoms. The first-order valence-electron chi connectivity index (χ1n) is 7.83. The van der Waals surface area contributed by atoms with Crippen molar-refractivity contribution in [2.75, 3.05) is 10.6 Å². The molecule has 1 heterocycles. The number of carbonyl (C=O) groups excluding carboxylic acids is 2. The van der Waals surface area contributed by atoms with Crippen molar-refractivity contribution >= 4 is 34.1 Å². The van der Waals surface area contributed by atoms with Crippen LogP contribution in [0.2, 0.25) is 0 Å². The predicted molar refractivity (Wildman–Crippen MR) is 96.4 cm³/mol. The molecule has 3 rings (SSSR count). The summed E-state index contributed by atoms with van der Waals surface area (Å²) in [6.45, 7) is 5.24. The Hall–Kier alpha value is -3.15. The fraction of sp³-hybridized carbons (Fsp3) is 0.158. The van der Waals surface area contributed by atoms with E-state index in [0.29, 0.717) is 11.3 Å². The molecule has 0 saturated heterocycles. The van der Waals surface area contributed by atoms with Crippen LogP contribution in [0.4, 0.5) is 15.8 Å². The summed E-state index contributed by atoms with van der Waals surface area (Å²) < 4.78 is 13.7. The average molecular weight is 339 g/mol. The summed E-state index contributed by atoms with van der Waals surface area (Å²) in [6, 6.07) is 9.54. The highest BCUT2D eigenvalue weighted by Gasteiger charge is 2.15. The number of aromatic amines is 1. The molecule has 0 unspecified atom stereocenters. The minimum atomic E-state index is -0.564. The van der Waals surface area contributed by atoms with E-state index in [1.54, 1.807) is 6.07 Å². The van der Waals surface area contributed by atoms with E-state index in [1.807, 2.05) is 26.0 Å². The number of hydrogen-bond donors (Lipinski definition) is 3. The quantitative estimate of drug-likeness (QED) is 0.671. The maximum absolute atomic E-state index is 13.7. The molecule has 0 saturated carbocycles. The molecule has 3 aromatic rings. The molecule has 3 N–H and O–H groups in total. The number of fused-ring (bicyclic) bond motifs is 1. The first-order chi connectivity index (χ1) is 11.9. The number of rotatable bonds is 3. The third kappa shape index (κ3) is 3.24. The van der Waals surface area contributed by atoms with Crippen molar-refractivity contribution in [3.05, 3.63) is 59.0 Å². The first-order valence-corrected chi connectivity index (χ1v) is 7.83. The molecular weight excluding hydrogens is 321 g/mol. The van der Waals surface area contributed by atoms with Gasteiger partial charge in [-0.3, -0.25) is 9.59 Å². The summed E-state index contributed by atoms with van der Waals surface area (Å²) >= 11 is 0. The summed E-state index contributed by atoms with van der Waals surface area (Å²) in [7, 11) is 0. The van der Waals surface area contributed by atoms with Gasteiger partial charge in [0.15, 0.2) is 0 Å². The number of H-pyrrole nitrogens is 1. The van der Waals surface area contributed by atoms with Crippen molar-refractivity contribution in [3.63, 3.8) is 0 Å². The van der Waals surface area contributed by atoms with Crippen molar-refractivity contribution in [3.8, 4) is 0 Å². The Kier molecular flexibility index (Phi) is 4.27. The number of hydrogen-bond acceptors (Lipinski definition) is 2. The molecule has 0 radical (unpaired) electrons. The van der Waals surface area contributed by atoms with Gasteiger partial charge in [0.25, 0.3) is 5.91 Å². The van der Waals surface area contributed by atoms with E-state index in [0.717, 1.165) is 22.2 Å². The van der Waals surface area contributed by atoms with Crippen molar-refractivity contribution in [1.29, 1.82) is 0 Å². The van der Waals surface area contributed by atoms with Crippen LogP contribution in [0.15, 0.2) is 36.4 Å². The fourth-order valence-corrected chi connectivity index (χ4v) is 2.76. The smallest absolute Gasteiger partial charge is 0.257 e. The molecule has 2 aromatic carbocycles. The van der Waals surface area contributed by atoms with Crippen LogP contribution in [0.1, 0.15) is 28.5 Å². The second-order valence-electron chi connectivity index (χ2n) is 5.93. The Labute approximate surface area is 144 Å². The van der Waals surface area contributed by atoms with Crippen LogP contribution < -0.4 is 10.6 Å². The maximum atomic E-state index is 13.7. The van der Waals surface area contributed by atoms with Crippen molar-refractivity contribution in [1.82, 2.24) is 4.98 Å². The Morgan fingerprint density at radius 3 is 2.56 bits per heavy atom. The van der Waals surface area contributed by atoms with Gasteiger partial charge in [0, 0.05) is 23.7 Å². The number of carbonyl (C=O) groups is 2. The molecule has 2 amide bonds. The molecule has 6 heteroatoms. The number of halogens is 1. The number of aromatic nitrogens is 1. The van der Waals surface area contributed by atoms with Gasteiger partial charge in [-0.15, -0.1) is 0 Å². The second-order valence-corrected chi connectivity index (χ2v) is 5.93. The number of para-hydroxylation sites is 1. The molecule has 1 aromatic heterocycles. The van der Waals surface area contributed by atoms with Crippen LogP contribution in [0.3, 0.4) is 0 Å². The third-order valence-corrected chi connectivity index (χ3v) is 4.12. The van der Waals surface area contributed by atoms with Crippen molar-refractivity contribution in [2.24, 2.45) is 0 Å². The minimum Gasteiger partial charge on any atom is -0.358 e. The standard InChI is InChI=1S/C19H18FN3O2/c1-10-11(2)21-18-14(10)5-4-6-15(18)19(25)23-13-7-8-16(20)17(9-13)22-12(3)24/h4-9,21H,1-3H3,(H,22,24)(H,23,25). The van der Waals surface area contributed by atoms with Gasteiger partial charge >= 0.3 is 0 Å². The second kappa shape index (κ2) is 6.39. The highest BCUT2D eigenvalue weighted by Crippen LogP contribution is 2.25. The highest BCUT2D eigenvalue weighted by atomic mass is 19.1. The van der Waals surface area contributed by atoms with Crippen LogP contribution in [0, 0.1) is 19.7 Å². The van der Waals surface area contributed by atoms with Gasteiger partial charge in [0.05, 0.1) is 16.8 Å². The summed E-state index contributed by atoms with van der Waals surface area (Å²) in [5.41, 5.74) is 3.78. The number of anilines is 2. The number of aryl methyl sites for hydroxylation is 2. The summed E-state index contributed by atoms with van der Waals surface area (Å²) in [6.07, 6.45) is 0. The van der Waals surface area contributed by atoms with Gasteiger partial charge in [-0.2, -0.15) is 0 Å². The van der Waals surface area contributed by atoms with Gasteiger partial charge in [0.1, 0.15) is 5.82 Å². The molecule has 0 aliphatic heterocycles. The number of benzene rings is 2. The molecule has 0 aliphatic carbocycles. The van der Waals surface area contributed by atoms with Gasteiger partial charge in [-0.05, 0) is 43.7 Å². The molecule has 0 bridgehead atoms. The summed E-state index contributed by atoms with van der Waals surface area (Å²) in [5.74, 6) is -1.26. The van der Waals surface area contributed by atoms with Crippen LogP contribution in [-0.4, -0.2) is 16.8 Å². The molecule has 0 aliphatic rings.